The molecule has 0 aromatic carbocycles. The Hall–Kier alpha value is -1.70. The number of nitrogens with one attached hydrogen (secondary N) is 2. The van der Waals surface area contributed by atoms with Gasteiger partial charge in [-0.25, -0.2) is 0 Å². The van der Waals surface area contributed by atoms with Crippen molar-refractivity contribution in [2.45, 2.75) is 119 Å². The van der Waals surface area contributed by atoms with Crippen LogP contribution in [0.4, 0.5) is 0 Å². The highest BCUT2D eigenvalue weighted by Crippen LogP contribution is 2.54. The van der Waals surface area contributed by atoms with Crippen LogP contribution in [0.2, 0.25) is 0 Å². The lowest BCUT2D eigenvalue weighted by atomic mass is 9.54. The summed E-state index contributed by atoms with van der Waals surface area (Å²) in [6.07, 6.45) is 17.0. The third-order valence-corrected chi connectivity index (χ3v) is 11.6. The van der Waals surface area contributed by atoms with Gasteiger partial charge in [-0.05, 0) is 93.0 Å². The van der Waals surface area contributed by atoms with Gasteiger partial charge >= 0.3 is 0 Å². The first-order valence-corrected chi connectivity index (χ1v) is 16.3. The summed E-state index contributed by atoms with van der Waals surface area (Å²) < 4.78 is 12.1. The van der Waals surface area contributed by atoms with Crippen LogP contribution < -0.4 is 15.4 Å². The van der Waals surface area contributed by atoms with Crippen molar-refractivity contribution in [1.82, 2.24) is 15.8 Å². The summed E-state index contributed by atoms with van der Waals surface area (Å²) in [5.41, 5.74) is -0.146. The Morgan fingerprint density at radius 3 is 2.37 bits per heavy atom. The summed E-state index contributed by atoms with van der Waals surface area (Å²) >= 11 is 1.72. The third kappa shape index (κ3) is 5.62. The lowest BCUT2D eigenvalue weighted by molar-refractivity contribution is -0.126. The molecule has 210 valence electrons. The molecule has 6 aliphatic rings. The number of hydrogen-bond acceptors (Lipinski definition) is 6. The summed E-state index contributed by atoms with van der Waals surface area (Å²) in [5, 5.41) is 11.2. The molecule has 1 aromatic rings. The van der Waals surface area contributed by atoms with Crippen LogP contribution >= 0.6 is 11.8 Å². The van der Waals surface area contributed by atoms with Crippen LogP contribution in [0.15, 0.2) is 9.42 Å². The van der Waals surface area contributed by atoms with Gasteiger partial charge in [-0.2, -0.15) is 0 Å². The summed E-state index contributed by atoms with van der Waals surface area (Å²) in [4.78, 5) is 26.9. The SMILES string of the molecule is CCCNC(=O)CC1(COc2noc(C(=O)NC3C4CC5CC(C4)CC3C5)c2SC2CCCCC2)CCC1. The molecule has 1 aromatic heterocycles. The van der Waals surface area contributed by atoms with Gasteiger partial charge < -0.3 is 19.9 Å². The van der Waals surface area contributed by atoms with Gasteiger partial charge in [-0.3, -0.25) is 9.59 Å². The highest BCUT2D eigenvalue weighted by Gasteiger charge is 2.49. The van der Waals surface area contributed by atoms with Crippen molar-refractivity contribution >= 4 is 23.6 Å². The van der Waals surface area contributed by atoms with Crippen LogP contribution in [0.25, 0.3) is 0 Å². The molecule has 38 heavy (non-hydrogen) atoms. The largest absolute Gasteiger partial charge is 0.474 e. The number of rotatable bonds is 11. The Morgan fingerprint density at radius 1 is 1.03 bits per heavy atom. The number of aromatic nitrogens is 1. The maximum Gasteiger partial charge on any atom is 0.291 e. The number of carbonyl (C=O) groups excluding carboxylic acids is 2. The molecule has 7 rings (SSSR count). The zero-order valence-corrected chi connectivity index (χ0v) is 23.8. The first kappa shape index (κ1) is 26.5. The van der Waals surface area contributed by atoms with Crippen LogP contribution in [-0.2, 0) is 4.79 Å². The van der Waals surface area contributed by atoms with Crippen LogP contribution in [0.1, 0.15) is 114 Å². The molecular formula is C30H45N3O4S. The van der Waals surface area contributed by atoms with E-state index in [-0.39, 0.29) is 23.3 Å². The van der Waals surface area contributed by atoms with E-state index in [9.17, 15) is 9.59 Å². The monoisotopic (exact) mass is 543 g/mol. The minimum atomic E-state index is -0.146. The van der Waals surface area contributed by atoms with E-state index in [4.69, 9.17) is 9.26 Å². The van der Waals surface area contributed by atoms with Gasteiger partial charge in [0.05, 0.1) is 6.61 Å². The van der Waals surface area contributed by atoms with Crippen molar-refractivity contribution in [3.63, 3.8) is 0 Å². The normalized spacial score (nSPS) is 31.6. The van der Waals surface area contributed by atoms with Crippen molar-refractivity contribution in [3.05, 3.63) is 5.76 Å². The fraction of sp³-hybridized carbons (Fsp3) is 0.833. The van der Waals surface area contributed by atoms with E-state index in [1.54, 1.807) is 11.8 Å². The van der Waals surface area contributed by atoms with Gasteiger partial charge in [0, 0.05) is 29.7 Å². The van der Waals surface area contributed by atoms with E-state index in [1.807, 2.05) is 0 Å². The molecule has 0 unspecified atom stereocenters. The Kier molecular flexibility index (Phi) is 7.97. The minimum Gasteiger partial charge on any atom is -0.474 e. The van der Waals surface area contributed by atoms with E-state index < -0.39 is 0 Å². The van der Waals surface area contributed by atoms with E-state index in [0.29, 0.717) is 48.3 Å². The molecule has 6 saturated carbocycles. The molecule has 0 radical (unpaired) electrons. The van der Waals surface area contributed by atoms with Crippen molar-refractivity contribution in [1.29, 1.82) is 0 Å². The van der Waals surface area contributed by atoms with E-state index in [0.717, 1.165) is 55.3 Å². The minimum absolute atomic E-state index is 0.0999. The predicted octanol–water partition coefficient (Wildman–Crippen LogP) is 6.12. The summed E-state index contributed by atoms with van der Waals surface area (Å²) in [7, 11) is 0. The van der Waals surface area contributed by atoms with Gasteiger partial charge in [0.25, 0.3) is 11.8 Å². The van der Waals surface area contributed by atoms with Crippen molar-refractivity contribution in [2.75, 3.05) is 13.2 Å². The molecule has 4 bridgehead atoms. The number of amides is 2. The number of thioether (sulfide) groups is 1. The molecule has 2 N–H and O–H groups in total. The van der Waals surface area contributed by atoms with Crippen molar-refractivity contribution in [2.24, 2.45) is 29.1 Å². The van der Waals surface area contributed by atoms with Gasteiger partial charge in [0.2, 0.25) is 11.7 Å². The number of carbonyl (C=O) groups is 2. The Morgan fingerprint density at radius 2 is 1.74 bits per heavy atom. The smallest absolute Gasteiger partial charge is 0.291 e. The van der Waals surface area contributed by atoms with Crippen LogP contribution in [0.3, 0.4) is 0 Å². The second-order valence-electron chi connectivity index (χ2n) is 13.1. The zero-order valence-electron chi connectivity index (χ0n) is 23.0. The molecule has 0 spiro atoms. The molecule has 0 aliphatic heterocycles. The van der Waals surface area contributed by atoms with E-state index >= 15 is 0 Å². The van der Waals surface area contributed by atoms with E-state index in [2.05, 4.69) is 22.7 Å². The standard InChI is InChI=1S/C30H45N3O4S/c1-2-11-31-24(34)17-30(9-6-10-30)18-36-29-27(38-23-7-4-3-5-8-23)26(37-33-29)28(35)32-25-21-13-19-12-20(15-21)16-22(25)14-19/h19-23,25H,2-18H2,1H3,(H,31,34)(H,32,35). The van der Waals surface area contributed by atoms with Gasteiger partial charge in [0.1, 0.15) is 4.90 Å². The average Bonchev–Trinajstić information content (AvgIpc) is 3.29. The fourth-order valence-corrected chi connectivity index (χ4v) is 9.61. The topological polar surface area (TPSA) is 93.5 Å². The van der Waals surface area contributed by atoms with Gasteiger partial charge in [0.15, 0.2) is 0 Å². The Balaban J connectivity index is 1.16. The first-order valence-electron chi connectivity index (χ1n) is 15.4. The highest BCUT2D eigenvalue weighted by molar-refractivity contribution is 8.00. The quantitative estimate of drug-likeness (QED) is 0.349. The second-order valence-corrected chi connectivity index (χ2v) is 14.4. The molecule has 6 aliphatic carbocycles. The zero-order chi connectivity index (χ0) is 26.1. The molecule has 7 nitrogen and oxygen atoms in total. The second kappa shape index (κ2) is 11.4. The van der Waals surface area contributed by atoms with Crippen LogP contribution in [0, 0.1) is 29.1 Å². The summed E-state index contributed by atoms with van der Waals surface area (Å²) in [6.45, 7) is 3.22. The molecule has 8 heteroatoms. The summed E-state index contributed by atoms with van der Waals surface area (Å²) in [6, 6.07) is 0.261. The molecular weight excluding hydrogens is 498 g/mol. The van der Waals surface area contributed by atoms with Crippen molar-refractivity contribution < 1.29 is 18.8 Å². The maximum absolute atomic E-state index is 13.7. The van der Waals surface area contributed by atoms with Gasteiger partial charge in [-0.1, -0.05) is 32.6 Å². The van der Waals surface area contributed by atoms with Gasteiger partial charge in [-0.15, -0.1) is 11.8 Å². The molecule has 0 saturated heterocycles. The van der Waals surface area contributed by atoms with Crippen LogP contribution in [0.5, 0.6) is 5.88 Å². The average molecular weight is 544 g/mol. The molecule has 6 fully saturated rings. The third-order valence-electron chi connectivity index (χ3n) is 10.2. The van der Waals surface area contributed by atoms with E-state index in [1.165, 1.54) is 51.4 Å². The molecule has 1 heterocycles. The number of ether oxygens (including phenoxy) is 1. The first-order chi connectivity index (χ1) is 18.5. The van der Waals surface area contributed by atoms with Crippen molar-refractivity contribution in [3.8, 4) is 5.88 Å². The molecule has 0 atom stereocenters. The molecule has 2 amide bonds. The maximum atomic E-state index is 13.7. The highest BCUT2D eigenvalue weighted by atomic mass is 32.2. The lowest BCUT2D eigenvalue weighted by Gasteiger charge is -2.54. The number of nitrogens with zero attached hydrogens (tertiary/aromatic N) is 1. The Labute approximate surface area is 231 Å². The lowest BCUT2D eigenvalue weighted by Crippen LogP contribution is -2.55. The fourth-order valence-electron chi connectivity index (χ4n) is 8.27. The number of hydrogen-bond donors (Lipinski definition) is 2. The predicted molar refractivity (Wildman–Crippen MR) is 147 cm³/mol. The Bertz CT molecular complexity index is 972. The van der Waals surface area contributed by atoms with Crippen LogP contribution in [-0.4, -0.2) is 41.4 Å². The summed E-state index contributed by atoms with van der Waals surface area (Å²) in [5.74, 6) is 3.71.